The summed E-state index contributed by atoms with van der Waals surface area (Å²) < 4.78 is 28.6. The molecule has 11 nitrogen and oxygen atoms in total. The third-order valence-electron chi connectivity index (χ3n) is 7.06. The van der Waals surface area contributed by atoms with Crippen molar-refractivity contribution in [1.29, 1.82) is 0 Å². The molecule has 12 heteroatoms. The van der Waals surface area contributed by atoms with Crippen molar-refractivity contribution in [3.05, 3.63) is 36.4 Å². The maximum Gasteiger partial charge on any atom is 0.246 e. The Morgan fingerprint density at radius 3 is 2.73 bits per heavy atom. The van der Waals surface area contributed by atoms with Gasteiger partial charge >= 0.3 is 0 Å². The van der Waals surface area contributed by atoms with E-state index in [0.29, 0.717) is 30.8 Å². The normalized spacial score (nSPS) is 20.4. The molecule has 174 valence electrons. The molecule has 2 N–H and O–H groups in total. The predicted molar refractivity (Wildman–Crippen MR) is 122 cm³/mol. The Kier molecular flexibility index (Phi) is 4.53. The first-order chi connectivity index (χ1) is 15.8. The molecule has 1 saturated heterocycles. The van der Waals surface area contributed by atoms with E-state index in [2.05, 4.69) is 35.5 Å². The van der Waals surface area contributed by atoms with E-state index in [4.69, 9.17) is 0 Å². The van der Waals surface area contributed by atoms with Gasteiger partial charge in [-0.2, -0.15) is 19.5 Å². The lowest BCUT2D eigenvalue weighted by molar-refractivity contribution is -0.0243. The van der Waals surface area contributed by atoms with Gasteiger partial charge in [0, 0.05) is 68.7 Å². The highest BCUT2D eigenvalue weighted by atomic mass is 32.2. The van der Waals surface area contributed by atoms with Crippen molar-refractivity contribution in [2.45, 2.75) is 42.5 Å². The molecule has 1 spiro atoms. The molecule has 0 unspecified atom stereocenters. The summed E-state index contributed by atoms with van der Waals surface area (Å²) in [6.07, 6.45) is 8.99. The fourth-order valence-corrected chi connectivity index (χ4v) is 6.56. The predicted octanol–water partition coefficient (Wildman–Crippen LogP) is 1.84. The van der Waals surface area contributed by atoms with Gasteiger partial charge in [0.2, 0.25) is 16.0 Å². The van der Waals surface area contributed by atoms with E-state index in [1.165, 1.54) is 29.4 Å². The van der Waals surface area contributed by atoms with Crippen LogP contribution in [0, 0.1) is 5.41 Å². The van der Waals surface area contributed by atoms with Gasteiger partial charge in [-0.3, -0.25) is 9.78 Å². The molecule has 0 amide bonds. The molecule has 0 atom stereocenters. The molecule has 3 aliphatic rings. The van der Waals surface area contributed by atoms with Gasteiger partial charge in [0.05, 0.1) is 6.20 Å². The second kappa shape index (κ2) is 7.26. The molecular weight excluding hydrogens is 442 g/mol. The van der Waals surface area contributed by atoms with E-state index < -0.39 is 10.0 Å². The molecule has 3 aromatic rings. The topological polar surface area (TPSA) is 125 Å². The number of rotatable bonds is 7. The summed E-state index contributed by atoms with van der Waals surface area (Å²) in [5.74, 6) is 2.73. The van der Waals surface area contributed by atoms with E-state index >= 15 is 0 Å². The van der Waals surface area contributed by atoms with Crippen molar-refractivity contribution in [3.63, 3.8) is 0 Å². The standard InChI is InChI=1S/C21H27N9O2S/c1-28-11-16(10-23-28)33(31,32)30-12-21(13-30)8-15(9-21)29(2)20-22-6-5-18(25-20)24-19-7-17(26-27-19)14-3-4-14/h5-7,10-11,14-15H,3-4,8-9,12-13H2,1-2H3,(H2,22,24,25,26,27). The Morgan fingerprint density at radius 2 is 2.03 bits per heavy atom. The van der Waals surface area contributed by atoms with Crippen molar-refractivity contribution >= 4 is 27.6 Å². The number of aryl methyl sites for hydroxylation is 1. The maximum absolute atomic E-state index is 12.8. The van der Waals surface area contributed by atoms with E-state index in [1.807, 2.05) is 19.2 Å². The monoisotopic (exact) mass is 469 g/mol. The number of hydrogen-bond donors (Lipinski definition) is 2. The number of hydrogen-bond acceptors (Lipinski definition) is 8. The molecule has 0 radical (unpaired) electrons. The van der Waals surface area contributed by atoms with E-state index in [-0.39, 0.29) is 16.4 Å². The van der Waals surface area contributed by atoms with E-state index in [9.17, 15) is 8.42 Å². The summed E-state index contributed by atoms with van der Waals surface area (Å²) in [4.78, 5) is 11.5. The first-order valence-electron chi connectivity index (χ1n) is 11.2. The van der Waals surface area contributed by atoms with Crippen LogP contribution in [0.4, 0.5) is 17.6 Å². The van der Waals surface area contributed by atoms with Crippen molar-refractivity contribution in [2.75, 3.05) is 30.4 Å². The van der Waals surface area contributed by atoms with E-state index in [1.54, 1.807) is 23.7 Å². The van der Waals surface area contributed by atoms with Crippen LogP contribution in [0.1, 0.15) is 37.3 Å². The minimum absolute atomic E-state index is 0.0539. The lowest BCUT2D eigenvalue weighted by Gasteiger charge is -2.59. The van der Waals surface area contributed by atoms with Crippen LogP contribution in [0.25, 0.3) is 0 Å². The molecule has 1 aliphatic heterocycles. The Balaban J connectivity index is 1.06. The first kappa shape index (κ1) is 20.6. The third-order valence-corrected chi connectivity index (χ3v) is 8.80. The van der Waals surface area contributed by atoms with Gasteiger partial charge in [0.1, 0.15) is 10.7 Å². The lowest BCUT2D eigenvalue weighted by Crippen LogP contribution is -2.67. The Bertz CT molecular complexity index is 1280. The summed E-state index contributed by atoms with van der Waals surface area (Å²) in [7, 11) is 0.258. The Labute approximate surface area is 192 Å². The lowest BCUT2D eigenvalue weighted by atomic mass is 9.61. The zero-order valence-corrected chi connectivity index (χ0v) is 19.5. The third kappa shape index (κ3) is 3.66. The average Bonchev–Trinajstić information content (AvgIpc) is 3.31. The minimum atomic E-state index is -3.46. The number of anilines is 3. The summed E-state index contributed by atoms with van der Waals surface area (Å²) in [5.41, 5.74) is 1.22. The SMILES string of the molecule is CN(c1nccc(Nc2cc(C3CC3)[nH]n2)n1)C1CC2(C1)CN(S(=O)(=O)c1cnn(C)c1)C2. The fraction of sp³-hybridized carbons (Fsp3) is 0.524. The number of nitrogens with one attached hydrogen (secondary N) is 2. The van der Waals surface area contributed by atoms with Crippen LogP contribution in [-0.4, -0.2) is 68.8 Å². The van der Waals surface area contributed by atoms with Gasteiger partial charge in [-0.05, 0) is 31.7 Å². The van der Waals surface area contributed by atoms with Crippen LogP contribution >= 0.6 is 0 Å². The molecule has 2 aliphatic carbocycles. The van der Waals surface area contributed by atoms with Gasteiger partial charge in [-0.1, -0.05) is 0 Å². The van der Waals surface area contributed by atoms with Crippen LogP contribution in [-0.2, 0) is 17.1 Å². The Morgan fingerprint density at radius 1 is 1.24 bits per heavy atom. The second-order valence-corrected chi connectivity index (χ2v) is 11.6. The number of nitrogens with zero attached hydrogens (tertiary/aromatic N) is 7. The van der Waals surface area contributed by atoms with Crippen molar-refractivity contribution in [2.24, 2.45) is 12.5 Å². The van der Waals surface area contributed by atoms with Crippen molar-refractivity contribution in [1.82, 2.24) is 34.3 Å². The van der Waals surface area contributed by atoms with Crippen LogP contribution in [0.5, 0.6) is 0 Å². The van der Waals surface area contributed by atoms with E-state index in [0.717, 1.165) is 18.7 Å². The fourth-order valence-electron chi connectivity index (χ4n) is 4.91. The molecule has 4 heterocycles. The molecule has 2 saturated carbocycles. The summed E-state index contributed by atoms with van der Waals surface area (Å²) in [6, 6.07) is 4.16. The molecule has 0 bridgehead atoms. The summed E-state index contributed by atoms with van der Waals surface area (Å²) >= 11 is 0. The summed E-state index contributed by atoms with van der Waals surface area (Å²) in [6.45, 7) is 1.11. The highest BCUT2D eigenvalue weighted by molar-refractivity contribution is 7.89. The van der Waals surface area contributed by atoms with Crippen LogP contribution in [0.2, 0.25) is 0 Å². The van der Waals surface area contributed by atoms with Gasteiger partial charge in [0.15, 0.2) is 5.82 Å². The van der Waals surface area contributed by atoms with Gasteiger partial charge in [-0.15, -0.1) is 0 Å². The Hall–Kier alpha value is -2.99. The maximum atomic E-state index is 12.8. The zero-order chi connectivity index (χ0) is 22.8. The number of aromatic amines is 1. The highest BCUT2D eigenvalue weighted by Gasteiger charge is 2.56. The van der Waals surface area contributed by atoms with Gasteiger partial charge < -0.3 is 10.2 Å². The molecule has 6 rings (SSSR count). The molecule has 3 aromatic heterocycles. The van der Waals surface area contributed by atoms with Gasteiger partial charge in [0.25, 0.3) is 0 Å². The molecule has 0 aromatic carbocycles. The van der Waals surface area contributed by atoms with Crippen LogP contribution < -0.4 is 10.2 Å². The van der Waals surface area contributed by atoms with Crippen LogP contribution in [0.15, 0.2) is 35.6 Å². The zero-order valence-electron chi connectivity index (χ0n) is 18.6. The van der Waals surface area contributed by atoms with Crippen LogP contribution in [0.3, 0.4) is 0 Å². The molecule has 33 heavy (non-hydrogen) atoms. The minimum Gasteiger partial charge on any atom is -0.341 e. The smallest absolute Gasteiger partial charge is 0.246 e. The largest absolute Gasteiger partial charge is 0.341 e. The first-order valence-corrected chi connectivity index (χ1v) is 12.6. The molecular formula is C21H27N9O2S. The van der Waals surface area contributed by atoms with Crippen molar-refractivity contribution in [3.8, 4) is 0 Å². The number of sulfonamides is 1. The number of aromatic nitrogens is 6. The average molecular weight is 470 g/mol. The summed E-state index contributed by atoms with van der Waals surface area (Å²) in [5, 5.41) is 14.7. The highest BCUT2D eigenvalue weighted by Crippen LogP contribution is 2.51. The quantitative estimate of drug-likeness (QED) is 0.537. The van der Waals surface area contributed by atoms with Crippen molar-refractivity contribution < 1.29 is 8.42 Å². The second-order valence-electron chi connectivity index (χ2n) is 9.65. The number of H-pyrrole nitrogens is 1. The molecule has 3 fully saturated rings. The van der Waals surface area contributed by atoms with Gasteiger partial charge in [-0.25, -0.2) is 13.4 Å².